The number of carbonyl (C=O) groups is 3. The van der Waals surface area contributed by atoms with Crippen molar-refractivity contribution < 1.29 is 23.9 Å². The van der Waals surface area contributed by atoms with Gasteiger partial charge in [0.05, 0.1) is 28.2 Å². The van der Waals surface area contributed by atoms with E-state index in [-0.39, 0.29) is 35.5 Å². The molecule has 4 atom stereocenters. The molecule has 0 radical (unpaired) electrons. The number of nitrogens with zero attached hydrogens (tertiary/aromatic N) is 2. The van der Waals surface area contributed by atoms with Crippen LogP contribution in [0, 0.1) is 27.2 Å². The Morgan fingerprint density at radius 3 is 2.46 bits per heavy atom. The second kappa shape index (κ2) is 7.31. The molecule has 2 amide bonds. The van der Waals surface area contributed by atoms with E-state index in [4.69, 9.17) is 9.47 Å². The predicted octanol–water partition coefficient (Wildman–Crippen LogP) is 2.76. The van der Waals surface area contributed by atoms with Gasteiger partial charge in [0.2, 0.25) is 0 Å². The van der Waals surface area contributed by atoms with Crippen LogP contribution < -0.4 is 9.47 Å². The van der Waals surface area contributed by atoms with Crippen LogP contribution in [0.4, 0.5) is 0 Å². The molecule has 146 valence electrons. The van der Waals surface area contributed by atoms with Crippen LogP contribution in [0.1, 0.15) is 25.8 Å². The Bertz CT molecular complexity index is 895. The van der Waals surface area contributed by atoms with Crippen molar-refractivity contribution in [3.8, 4) is 11.5 Å². The van der Waals surface area contributed by atoms with Gasteiger partial charge in [-0.1, -0.05) is 12.2 Å². The van der Waals surface area contributed by atoms with E-state index in [2.05, 4.69) is 17.3 Å². The van der Waals surface area contributed by atoms with E-state index in [0.717, 1.165) is 11.4 Å². The van der Waals surface area contributed by atoms with Crippen LogP contribution in [0.25, 0.3) is 0 Å². The first-order valence-electron chi connectivity index (χ1n) is 9.15. The maximum Gasteiger partial charge on any atom is 0.308 e. The number of carbonyl (C=O) groups excluding carboxylic acids is 3. The number of esters is 1. The number of hydrogen-bond donors (Lipinski definition) is 0. The zero-order valence-corrected chi connectivity index (χ0v) is 17.6. The molecule has 2 fully saturated rings. The minimum Gasteiger partial charge on any atom is -0.490 e. The summed E-state index contributed by atoms with van der Waals surface area (Å²) in [4.78, 5) is 36.7. The average Bonchev–Trinajstić information content (AvgIpc) is 3.31. The van der Waals surface area contributed by atoms with Crippen molar-refractivity contribution in [1.82, 2.24) is 5.01 Å². The number of hydrogen-bond acceptors (Lipinski definition) is 6. The summed E-state index contributed by atoms with van der Waals surface area (Å²) in [6.45, 7) is 3.55. The molecule has 1 saturated heterocycles. The van der Waals surface area contributed by atoms with E-state index in [9.17, 15) is 14.4 Å². The predicted molar refractivity (Wildman–Crippen MR) is 109 cm³/mol. The molecule has 0 N–H and O–H groups in total. The minimum absolute atomic E-state index is 0.153. The monoisotopic (exact) mass is 494 g/mol. The van der Waals surface area contributed by atoms with E-state index in [1.807, 2.05) is 29.5 Å². The van der Waals surface area contributed by atoms with Gasteiger partial charge in [0.1, 0.15) is 0 Å². The summed E-state index contributed by atoms with van der Waals surface area (Å²) in [6, 6.07) is 3.42. The SMILES string of the molecule is CCOc1cc(C=NN2C(=O)[C@@H]3[C@H](C2=O)[C@H]2C=C[C@H]3C2)cc(I)c1OC(C)=O. The second-order valence-corrected chi connectivity index (χ2v) is 8.25. The van der Waals surface area contributed by atoms with Crippen LogP contribution in [0.2, 0.25) is 0 Å². The van der Waals surface area contributed by atoms with Gasteiger partial charge < -0.3 is 9.47 Å². The molecule has 4 rings (SSSR count). The first-order valence-corrected chi connectivity index (χ1v) is 10.2. The Labute approximate surface area is 175 Å². The number of hydrazone groups is 1. The molecule has 0 aromatic heterocycles. The van der Waals surface area contributed by atoms with Crippen molar-refractivity contribution in [2.45, 2.75) is 20.3 Å². The Kier molecular flexibility index (Phi) is 4.98. The summed E-state index contributed by atoms with van der Waals surface area (Å²) in [6.07, 6.45) is 6.45. The number of rotatable bonds is 5. The molecule has 2 bridgehead atoms. The highest BCUT2D eigenvalue weighted by atomic mass is 127. The first kappa shape index (κ1) is 19.1. The molecule has 0 unspecified atom stereocenters. The molecule has 0 spiro atoms. The molecule has 2 aliphatic carbocycles. The molecule has 1 aliphatic heterocycles. The molecule has 1 aromatic rings. The molecular formula is C20H19IN2O5. The topological polar surface area (TPSA) is 85.3 Å². The third-order valence-electron chi connectivity index (χ3n) is 5.35. The van der Waals surface area contributed by atoms with Crippen molar-refractivity contribution in [3.05, 3.63) is 33.4 Å². The maximum atomic E-state index is 12.7. The van der Waals surface area contributed by atoms with Gasteiger partial charge in [-0.3, -0.25) is 14.4 Å². The van der Waals surface area contributed by atoms with Gasteiger partial charge in [-0.15, -0.1) is 0 Å². The first-order chi connectivity index (χ1) is 13.4. The number of amides is 2. The molecular weight excluding hydrogens is 475 g/mol. The Hall–Kier alpha value is -2.23. The molecule has 7 nitrogen and oxygen atoms in total. The Morgan fingerprint density at radius 2 is 1.89 bits per heavy atom. The van der Waals surface area contributed by atoms with E-state index < -0.39 is 5.97 Å². The highest BCUT2D eigenvalue weighted by Crippen LogP contribution is 2.52. The molecule has 1 heterocycles. The number of imide groups is 1. The van der Waals surface area contributed by atoms with Crippen LogP contribution in [0.3, 0.4) is 0 Å². The van der Waals surface area contributed by atoms with Gasteiger partial charge >= 0.3 is 5.97 Å². The highest BCUT2D eigenvalue weighted by Gasteiger charge is 2.59. The molecule has 3 aliphatic rings. The fourth-order valence-electron chi connectivity index (χ4n) is 4.29. The lowest BCUT2D eigenvalue weighted by Crippen LogP contribution is -2.28. The number of ether oxygens (including phenoxy) is 2. The van der Waals surface area contributed by atoms with Gasteiger partial charge in [0, 0.05) is 6.92 Å². The summed E-state index contributed by atoms with van der Waals surface area (Å²) < 4.78 is 11.5. The standard InChI is InChI=1S/C20H19IN2O5/c1-3-27-15-7-11(6-14(21)18(15)28-10(2)24)9-22-23-19(25)16-12-4-5-13(8-12)17(16)20(23)26/h4-7,9,12-13,16-17H,3,8H2,1-2H3/t12-,13-,16-,17+/m0/s1. The molecule has 1 saturated carbocycles. The van der Waals surface area contributed by atoms with Gasteiger partial charge in [0.15, 0.2) is 11.5 Å². The Morgan fingerprint density at radius 1 is 1.25 bits per heavy atom. The summed E-state index contributed by atoms with van der Waals surface area (Å²) in [5.74, 6) is -0.375. The van der Waals surface area contributed by atoms with E-state index >= 15 is 0 Å². The van der Waals surface area contributed by atoms with Gasteiger partial charge in [-0.05, 0) is 65.5 Å². The van der Waals surface area contributed by atoms with Gasteiger partial charge in [-0.2, -0.15) is 10.1 Å². The molecule has 28 heavy (non-hydrogen) atoms. The lowest BCUT2D eigenvalue weighted by atomic mass is 9.85. The zero-order valence-electron chi connectivity index (χ0n) is 15.4. The van der Waals surface area contributed by atoms with E-state index in [1.165, 1.54) is 13.1 Å². The van der Waals surface area contributed by atoms with Crippen molar-refractivity contribution in [1.29, 1.82) is 0 Å². The van der Waals surface area contributed by atoms with Gasteiger partial charge in [-0.25, -0.2) is 0 Å². The number of benzene rings is 1. The van der Waals surface area contributed by atoms with E-state index in [1.54, 1.807) is 12.1 Å². The van der Waals surface area contributed by atoms with Crippen LogP contribution >= 0.6 is 22.6 Å². The number of allylic oxidation sites excluding steroid dienone is 2. The Balaban J connectivity index is 1.59. The second-order valence-electron chi connectivity index (χ2n) is 7.09. The third-order valence-corrected chi connectivity index (χ3v) is 6.15. The van der Waals surface area contributed by atoms with Crippen LogP contribution in [-0.2, 0) is 14.4 Å². The largest absolute Gasteiger partial charge is 0.490 e. The van der Waals surface area contributed by atoms with Crippen molar-refractivity contribution in [2.75, 3.05) is 6.61 Å². The average molecular weight is 494 g/mol. The summed E-state index contributed by atoms with van der Waals surface area (Å²) >= 11 is 2.04. The fourth-order valence-corrected chi connectivity index (χ4v) is 5.03. The van der Waals surface area contributed by atoms with E-state index in [0.29, 0.717) is 27.2 Å². The number of fused-ring (bicyclic) bond motifs is 5. The summed E-state index contributed by atoms with van der Waals surface area (Å²) in [7, 11) is 0. The fraction of sp³-hybridized carbons (Fsp3) is 0.400. The zero-order chi connectivity index (χ0) is 20.0. The van der Waals surface area contributed by atoms with Crippen molar-refractivity contribution in [2.24, 2.45) is 28.8 Å². The summed E-state index contributed by atoms with van der Waals surface area (Å²) in [5, 5.41) is 5.19. The smallest absolute Gasteiger partial charge is 0.308 e. The molecule has 1 aromatic carbocycles. The normalized spacial score (nSPS) is 27.8. The quantitative estimate of drug-likeness (QED) is 0.157. The lowest BCUT2D eigenvalue weighted by Gasteiger charge is -2.13. The van der Waals surface area contributed by atoms with Crippen LogP contribution in [0.15, 0.2) is 29.4 Å². The van der Waals surface area contributed by atoms with Gasteiger partial charge in [0.25, 0.3) is 11.8 Å². The molecule has 8 heteroatoms. The minimum atomic E-state index is -0.441. The number of halogens is 1. The van der Waals surface area contributed by atoms with Crippen LogP contribution in [0.5, 0.6) is 11.5 Å². The van der Waals surface area contributed by atoms with Crippen molar-refractivity contribution >= 4 is 46.6 Å². The highest BCUT2D eigenvalue weighted by molar-refractivity contribution is 14.1. The lowest BCUT2D eigenvalue weighted by molar-refractivity contribution is -0.140. The third kappa shape index (κ3) is 3.13. The van der Waals surface area contributed by atoms with Crippen LogP contribution in [-0.4, -0.2) is 35.6 Å². The maximum absolute atomic E-state index is 12.7. The summed E-state index contributed by atoms with van der Waals surface area (Å²) in [5.41, 5.74) is 0.641. The van der Waals surface area contributed by atoms with Crippen molar-refractivity contribution in [3.63, 3.8) is 0 Å².